The molecular weight excluding hydrogens is 1260 g/mol. The Bertz CT molecular complexity index is 1890. The summed E-state index contributed by atoms with van der Waals surface area (Å²) in [5.74, 6) is 0.912. The molecule has 0 amide bonds. The highest BCUT2D eigenvalue weighted by Gasteiger charge is 2.30. The number of rotatable bonds is 74. The molecule has 0 aromatic rings. The second-order valence-electron chi connectivity index (χ2n) is 29.4. The maximum Gasteiger partial charge on any atom is 0.472 e. The van der Waals surface area contributed by atoms with Crippen LogP contribution in [0.5, 0.6) is 0 Å². The number of aliphatic hydroxyl groups excluding tert-OH is 1. The monoisotopic (exact) mass is 1410 g/mol. The van der Waals surface area contributed by atoms with E-state index in [9.17, 15) is 43.2 Å². The van der Waals surface area contributed by atoms with Gasteiger partial charge in [-0.15, -0.1) is 0 Å². The van der Waals surface area contributed by atoms with E-state index in [0.29, 0.717) is 31.6 Å². The molecule has 0 aliphatic heterocycles. The normalized spacial score (nSPS) is 14.4. The van der Waals surface area contributed by atoms with Crippen LogP contribution in [0.25, 0.3) is 0 Å². The first-order valence-electron chi connectivity index (χ1n) is 39.7. The zero-order valence-electron chi connectivity index (χ0n) is 63.0. The van der Waals surface area contributed by atoms with E-state index >= 15 is 0 Å². The first-order valence-corrected chi connectivity index (χ1v) is 42.7. The highest BCUT2D eigenvalue weighted by atomic mass is 31.2. The number of hydrogen-bond acceptors (Lipinski definition) is 15. The van der Waals surface area contributed by atoms with Crippen LogP contribution in [-0.4, -0.2) is 96.7 Å². The van der Waals surface area contributed by atoms with Crippen LogP contribution in [0.15, 0.2) is 0 Å². The molecule has 0 saturated carbocycles. The van der Waals surface area contributed by atoms with Gasteiger partial charge in [0.25, 0.3) is 0 Å². The molecule has 0 fully saturated rings. The number of aliphatic hydroxyl groups is 1. The van der Waals surface area contributed by atoms with Crippen LogP contribution in [-0.2, 0) is 65.4 Å². The Hall–Kier alpha value is -1.94. The minimum atomic E-state index is -4.96. The highest BCUT2D eigenvalue weighted by molar-refractivity contribution is 7.47. The zero-order chi connectivity index (χ0) is 71.0. The van der Waals surface area contributed by atoms with Crippen LogP contribution in [0.4, 0.5) is 0 Å². The molecule has 0 aliphatic rings. The number of unbranched alkanes of at least 4 members (excludes halogenated alkanes) is 39. The average molecular weight is 1410 g/mol. The summed E-state index contributed by atoms with van der Waals surface area (Å²) >= 11 is 0. The molecular formula is C77H150O17P2. The Labute approximate surface area is 588 Å². The topological polar surface area (TPSA) is 237 Å². The van der Waals surface area contributed by atoms with Crippen LogP contribution in [0, 0.1) is 23.7 Å². The summed E-state index contributed by atoms with van der Waals surface area (Å²) in [6, 6.07) is 0. The van der Waals surface area contributed by atoms with Crippen molar-refractivity contribution in [1.29, 1.82) is 0 Å². The molecule has 19 heteroatoms. The molecule has 0 spiro atoms. The molecule has 3 unspecified atom stereocenters. The van der Waals surface area contributed by atoms with Gasteiger partial charge < -0.3 is 33.8 Å². The van der Waals surface area contributed by atoms with Crippen molar-refractivity contribution in [2.45, 2.75) is 408 Å². The summed E-state index contributed by atoms with van der Waals surface area (Å²) in [6.45, 7) is 14.2. The molecule has 0 saturated heterocycles. The maximum atomic E-state index is 13.1. The molecule has 6 atom stereocenters. The number of hydrogen-bond donors (Lipinski definition) is 3. The SMILES string of the molecule is CCC(C)CCCCCCCCC(=O)OC[C@H](COP(=O)(O)OC[C@H](O)COP(=O)(O)OC[C@@H](COC(=O)CCCCCCCCCCCCCCCCC(C)C)OC(=O)CCCCCCCCCC(C)C)OC(=O)CCCCCCCCCCCCCCCCCCC(C)C. The van der Waals surface area contributed by atoms with Crippen LogP contribution in [0.3, 0.4) is 0 Å². The average Bonchev–Trinajstić information content (AvgIpc) is 1.16. The maximum absolute atomic E-state index is 13.1. The Kier molecular flexibility index (Phi) is 65.0. The van der Waals surface area contributed by atoms with Crippen molar-refractivity contribution in [2.24, 2.45) is 23.7 Å². The van der Waals surface area contributed by atoms with Crippen molar-refractivity contribution >= 4 is 39.5 Å². The summed E-state index contributed by atoms with van der Waals surface area (Å²) in [5.41, 5.74) is 0. The van der Waals surface area contributed by atoms with Gasteiger partial charge in [0.2, 0.25) is 0 Å². The molecule has 3 N–H and O–H groups in total. The van der Waals surface area contributed by atoms with Gasteiger partial charge in [-0.3, -0.25) is 37.3 Å². The Morgan fingerprint density at radius 2 is 0.500 bits per heavy atom. The molecule has 0 aromatic carbocycles. The van der Waals surface area contributed by atoms with Crippen molar-refractivity contribution in [2.75, 3.05) is 39.6 Å². The number of carbonyl (C=O) groups is 4. The molecule has 570 valence electrons. The summed E-state index contributed by atoms with van der Waals surface area (Å²) in [4.78, 5) is 72.8. The van der Waals surface area contributed by atoms with Crippen LogP contribution in [0.1, 0.15) is 389 Å². The number of phosphoric ester groups is 2. The van der Waals surface area contributed by atoms with Crippen molar-refractivity contribution in [3.05, 3.63) is 0 Å². The molecule has 0 radical (unpaired) electrons. The van der Waals surface area contributed by atoms with Crippen LogP contribution in [0.2, 0.25) is 0 Å². The molecule has 0 rings (SSSR count). The molecule has 96 heavy (non-hydrogen) atoms. The van der Waals surface area contributed by atoms with E-state index in [1.54, 1.807) is 0 Å². The third-order valence-corrected chi connectivity index (χ3v) is 20.1. The van der Waals surface area contributed by atoms with Gasteiger partial charge in [-0.1, -0.05) is 338 Å². The second-order valence-corrected chi connectivity index (χ2v) is 32.3. The molecule has 0 heterocycles. The van der Waals surface area contributed by atoms with E-state index < -0.39 is 97.5 Å². The number of esters is 4. The smallest absolute Gasteiger partial charge is 0.462 e. The van der Waals surface area contributed by atoms with Gasteiger partial charge in [0.15, 0.2) is 12.2 Å². The summed E-state index contributed by atoms with van der Waals surface area (Å²) in [7, 11) is -9.91. The van der Waals surface area contributed by atoms with E-state index in [0.717, 1.165) is 114 Å². The van der Waals surface area contributed by atoms with Gasteiger partial charge in [0.05, 0.1) is 26.4 Å². The molecule has 17 nitrogen and oxygen atoms in total. The van der Waals surface area contributed by atoms with Crippen molar-refractivity contribution in [3.8, 4) is 0 Å². The molecule has 0 aliphatic carbocycles. The summed E-state index contributed by atoms with van der Waals surface area (Å²) in [6.07, 6.45) is 51.5. The fourth-order valence-corrected chi connectivity index (χ4v) is 13.3. The van der Waals surface area contributed by atoms with Gasteiger partial charge in [0.1, 0.15) is 19.3 Å². The number of carbonyl (C=O) groups excluding carboxylic acids is 4. The second kappa shape index (κ2) is 66.3. The lowest BCUT2D eigenvalue weighted by atomic mass is 10.00. The Morgan fingerprint density at radius 3 is 0.740 bits per heavy atom. The Morgan fingerprint density at radius 1 is 0.292 bits per heavy atom. The van der Waals surface area contributed by atoms with E-state index in [4.69, 9.17) is 37.0 Å². The summed E-state index contributed by atoms with van der Waals surface area (Å²) < 4.78 is 68.5. The zero-order valence-corrected chi connectivity index (χ0v) is 64.8. The van der Waals surface area contributed by atoms with E-state index in [1.807, 2.05) is 0 Å². The first kappa shape index (κ1) is 94.1. The highest BCUT2D eigenvalue weighted by Crippen LogP contribution is 2.45. The minimum Gasteiger partial charge on any atom is -0.462 e. The molecule has 0 bridgehead atoms. The van der Waals surface area contributed by atoms with Crippen molar-refractivity contribution < 1.29 is 80.2 Å². The fourth-order valence-electron chi connectivity index (χ4n) is 11.7. The quantitative estimate of drug-likeness (QED) is 0.0222. The van der Waals surface area contributed by atoms with Gasteiger partial charge in [-0.25, -0.2) is 9.13 Å². The lowest BCUT2D eigenvalue weighted by Gasteiger charge is -2.21. The van der Waals surface area contributed by atoms with Gasteiger partial charge in [-0.2, -0.15) is 0 Å². The standard InChI is InChI=1S/C77H150O17P2/c1-9-70(8)56-48-40-35-36-42-50-58-75(80)88-64-73(93-76(81)59-51-43-33-27-23-19-13-11-10-12-16-20-24-29-37-45-53-67(2)3)66-92-96(85,86)90-62-71(78)61-89-95(83,84)91-65-72(94-77(82)60-52-44-34-28-31-39-47-55-69(6)7)63-87-74(79)57-49-41-32-26-22-18-15-14-17-21-25-30-38-46-54-68(4)5/h67-73,78H,9-66H2,1-8H3,(H,83,84)(H,85,86)/t70?,71-,72-,73-/m1/s1. The third kappa shape index (κ3) is 69.2. The van der Waals surface area contributed by atoms with E-state index in [2.05, 4.69) is 55.4 Å². The number of phosphoric acid groups is 2. The first-order chi connectivity index (χ1) is 46.1. The van der Waals surface area contributed by atoms with Gasteiger partial charge >= 0.3 is 39.5 Å². The van der Waals surface area contributed by atoms with E-state index in [1.165, 1.54) is 186 Å². The lowest BCUT2D eigenvalue weighted by molar-refractivity contribution is -0.161. The van der Waals surface area contributed by atoms with Crippen molar-refractivity contribution in [1.82, 2.24) is 0 Å². The third-order valence-electron chi connectivity index (χ3n) is 18.2. The molecule has 0 aromatic heterocycles. The van der Waals surface area contributed by atoms with Crippen LogP contribution < -0.4 is 0 Å². The largest absolute Gasteiger partial charge is 0.472 e. The predicted octanol–water partition coefficient (Wildman–Crippen LogP) is 22.4. The van der Waals surface area contributed by atoms with Gasteiger partial charge in [0, 0.05) is 25.7 Å². The summed E-state index contributed by atoms with van der Waals surface area (Å²) in [5, 5.41) is 10.6. The fraction of sp³-hybridized carbons (Fsp3) is 0.948. The Balaban J connectivity index is 5.18. The van der Waals surface area contributed by atoms with E-state index in [-0.39, 0.29) is 25.7 Å². The van der Waals surface area contributed by atoms with Crippen molar-refractivity contribution in [3.63, 3.8) is 0 Å². The van der Waals surface area contributed by atoms with Gasteiger partial charge in [-0.05, 0) is 49.4 Å². The number of ether oxygens (including phenoxy) is 4. The predicted molar refractivity (Wildman–Crippen MR) is 391 cm³/mol. The van der Waals surface area contributed by atoms with Crippen LogP contribution >= 0.6 is 15.6 Å². The lowest BCUT2D eigenvalue weighted by Crippen LogP contribution is -2.30. The minimum absolute atomic E-state index is 0.103.